The summed E-state index contributed by atoms with van der Waals surface area (Å²) in [4.78, 5) is 22.6. The van der Waals surface area contributed by atoms with Crippen molar-refractivity contribution in [1.29, 1.82) is 0 Å². The highest BCUT2D eigenvalue weighted by Gasteiger charge is 2.21. The molecule has 1 aromatic rings. The molecule has 1 aromatic carbocycles. The summed E-state index contributed by atoms with van der Waals surface area (Å²) in [5.41, 5.74) is 0.666. The molecule has 0 aliphatic carbocycles. The van der Waals surface area contributed by atoms with Gasteiger partial charge in [0.05, 0.1) is 18.9 Å². The molecule has 0 aliphatic rings. The Labute approximate surface area is 148 Å². The molecule has 8 heteroatoms. The van der Waals surface area contributed by atoms with Crippen LogP contribution in [0.3, 0.4) is 0 Å². The Kier molecular flexibility index (Phi) is 8.30. The third kappa shape index (κ3) is 8.46. The van der Waals surface area contributed by atoms with Crippen LogP contribution in [0.25, 0.3) is 0 Å². The van der Waals surface area contributed by atoms with Crippen molar-refractivity contribution in [3.8, 4) is 0 Å². The second kappa shape index (κ2) is 9.95. The topological polar surface area (TPSA) is 98.8 Å². The lowest BCUT2D eigenvalue weighted by Crippen LogP contribution is -2.35. The van der Waals surface area contributed by atoms with Gasteiger partial charge in [0, 0.05) is 12.2 Å². The molecule has 0 saturated heterocycles. The molecule has 0 spiro atoms. The summed E-state index contributed by atoms with van der Waals surface area (Å²) >= 11 is 0. The third-order valence-electron chi connectivity index (χ3n) is 3.03. The first-order valence-corrected chi connectivity index (χ1v) is 9.36. The van der Waals surface area contributed by atoms with Gasteiger partial charge in [-0.3, -0.25) is 0 Å². The number of esters is 2. The van der Waals surface area contributed by atoms with E-state index in [9.17, 15) is 18.0 Å². The first kappa shape index (κ1) is 20.9. The number of carbonyl (C=O) groups excluding carboxylic acids is 2. The molecule has 0 fully saturated rings. The van der Waals surface area contributed by atoms with Gasteiger partial charge in [0.25, 0.3) is 0 Å². The molecular formula is C17H23NO6S. The number of nitrogens with one attached hydrogen (secondary N) is 1. The van der Waals surface area contributed by atoms with Gasteiger partial charge in [0.2, 0.25) is 10.0 Å². The summed E-state index contributed by atoms with van der Waals surface area (Å²) < 4.78 is 36.4. The van der Waals surface area contributed by atoms with Crippen molar-refractivity contribution in [3.63, 3.8) is 0 Å². The van der Waals surface area contributed by atoms with E-state index in [-0.39, 0.29) is 18.3 Å². The minimum absolute atomic E-state index is 0.0352. The van der Waals surface area contributed by atoms with Crippen molar-refractivity contribution in [3.05, 3.63) is 48.0 Å². The highest BCUT2D eigenvalue weighted by molar-refractivity contribution is 7.89. The summed E-state index contributed by atoms with van der Waals surface area (Å²) in [6, 6.07) is 8.08. The van der Waals surface area contributed by atoms with E-state index in [1.807, 2.05) is 0 Å². The zero-order valence-corrected chi connectivity index (χ0v) is 15.3. The number of sulfonamides is 1. The lowest BCUT2D eigenvalue weighted by Gasteiger charge is -2.19. The number of carbonyl (C=O) groups is 2. The molecule has 0 amide bonds. The van der Waals surface area contributed by atoms with Gasteiger partial charge in [-0.15, -0.1) is 0 Å². The molecule has 0 saturated carbocycles. The van der Waals surface area contributed by atoms with E-state index < -0.39 is 28.0 Å². The zero-order valence-electron chi connectivity index (χ0n) is 14.5. The third-order valence-corrected chi connectivity index (χ3v) is 4.77. The van der Waals surface area contributed by atoms with E-state index in [2.05, 4.69) is 9.46 Å². The number of methoxy groups -OCH3 is 1. The average molecular weight is 369 g/mol. The fraction of sp³-hybridized carbons (Fsp3) is 0.412. The second-order valence-corrected chi connectivity index (χ2v) is 7.54. The standard InChI is InChI=1S/C17H23NO6S/c1-13(2)12-25(21,22)18-15(14-7-5-4-6-8-14)11-24-17(20)10-9-16(19)23-3/h4-10,13,15,18H,11-12H2,1-3H3. The fourth-order valence-corrected chi connectivity index (χ4v) is 3.62. The number of hydrogen-bond donors (Lipinski definition) is 1. The Morgan fingerprint density at radius 2 is 1.72 bits per heavy atom. The van der Waals surface area contributed by atoms with Crippen molar-refractivity contribution >= 4 is 22.0 Å². The fourth-order valence-electron chi connectivity index (χ4n) is 2.01. The first-order chi connectivity index (χ1) is 11.7. The quantitative estimate of drug-likeness (QED) is 0.524. The lowest BCUT2D eigenvalue weighted by molar-refractivity contribution is -0.139. The van der Waals surface area contributed by atoms with E-state index >= 15 is 0 Å². The van der Waals surface area contributed by atoms with Gasteiger partial charge in [-0.2, -0.15) is 0 Å². The predicted octanol–water partition coefficient (Wildman–Crippen LogP) is 1.58. The van der Waals surface area contributed by atoms with E-state index in [4.69, 9.17) is 4.74 Å². The molecule has 0 heterocycles. The van der Waals surface area contributed by atoms with Crippen LogP contribution in [0.15, 0.2) is 42.5 Å². The molecule has 138 valence electrons. The highest BCUT2D eigenvalue weighted by atomic mass is 32.2. The van der Waals surface area contributed by atoms with Crippen molar-refractivity contribution in [2.45, 2.75) is 19.9 Å². The van der Waals surface area contributed by atoms with Gasteiger partial charge in [-0.25, -0.2) is 22.7 Å². The maximum atomic E-state index is 12.2. The summed E-state index contributed by atoms with van der Waals surface area (Å²) in [5.74, 6) is -1.53. The maximum absolute atomic E-state index is 12.2. The number of rotatable bonds is 9. The van der Waals surface area contributed by atoms with Crippen LogP contribution in [-0.4, -0.2) is 39.8 Å². The van der Waals surface area contributed by atoms with Gasteiger partial charge < -0.3 is 9.47 Å². The molecule has 0 aromatic heterocycles. The molecule has 1 rings (SSSR count). The Bertz CT molecular complexity index is 697. The number of benzene rings is 1. The van der Waals surface area contributed by atoms with Crippen LogP contribution in [0, 0.1) is 5.92 Å². The Hall–Kier alpha value is -2.19. The molecular weight excluding hydrogens is 346 g/mol. The van der Waals surface area contributed by atoms with Gasteiger partial charge in [-0.1, -0.05) is 44.2 Å². The molecule has 1 atom stereocenters. The first-order valence-electron chi connectivity index (χ1n) is 7.71. The van der Waals surface area contributed by atoms with Gasteiger partial charge >= 0.3 is 11.9 Å². The molecule has 1 N–H and O–H groups in total. The zero-order chi connectivity index (χ0) is 18.9. The Balaban J connectivity index is 2.81. The SMILES string of the molecule is COC(=O)C=CC(=O)OCC(NS(=O)(=O)CC(C)C)c1ccccc1. The van der Waals surface area contributed by atoms with Crippen molar-refractivity contribution < 1.29 is 27.5 Å². The minimum Gasteiger partial charge on any atom is -0.466 e. The van der Waals surface area contributed by atoms with Crippen LogP contribution >= 0.6 is 0 Å². The van der Waals surface area contributed by atoms with Crippen molar-refractivity contribution in [1.82, 2.24) is 4.72 Å². The Morgan fingerprint density at radius 1 is 1.12 bits per heavy atom. The van der Waals surface area contributed by atoms with Crippen molar-refractivity contribution in [2.75, 3.05) is 19.5 Å². The Morgan fingerprint density at radius 3 is 2.28 bits per heavy atom. The van der Waals surface area contributed by atoms with Crippen LogP contribution in [0.5, 0.6) is 0 Å². The second-order valence-electron chi connectivity index (χ2n) is 5.74. The van der Waals surface area contributed by atoms with Crippen LogP contribution in [-0.2, 0) is 29.1 Å². The van der Waals surface area contributed by atoms with Crippen LogP contribution in [0.2, 0.25) is 0 Å². The van der Waals surface area contributed by atoms with E-state index in [0.717, 1.165) is 12.2 Å². The smallest absolute Gasteiger partial charge is 0.331 e. The molecule has 0 radical (unpaired) electrons. The van der Waals surface area contributed by atoms with Crippen LogP contribution in [0.1, 0.15) is 25.5 Å². The largest absolute Gasteiger partial charge is 0.466 e. The van der Waals surface area contributed by atoms with Crippen LogP contribution in [0.4, 0.5) is 0 Å². The highest BCUT2D eigenvalue weighted by Crippen LogP contribution is 2.15. The summed E-state index contributed by atoms with van der Waals surface area (Å²) in [7, 11) is -2.35. The summed E-state index contributed by atoms with van der Waals surface area (Å²) in [6.45, 7) is 3.40. The monoisotopic (exact) mass is 369 g/mol. The van der Waals surface area contributed by atoms with E-state index in [1.165, 1.54) is 7.11 Å². The minimum atomic E-state index is -3.54. The normalized spacial score (nSPS) is 13.0. The van der Waals surface area contributed by atoms with Crippen LogP contribution < -0.4 is 4.72 Å². The molecule has 7 nitrogen and oxygen atoms in total. The lowest BCUT2D eigenvalue weighted by atomic mass is 10.1. The molecule has 0 bridgehead atoms. The number of hydrogen-bond acceptors (Lipinski definition) is 6. The van der Waals surface area contributed by atoms with E-state index in [1.54, 1.807) is 44.2 Å². The average Bonchev–Trinajstić information content (AvgIpc) is 2.55. The number of ether oxygens (including phenoxy) is 2. The summed E-state index contributed by atoms with van der Waals surface area (Å²) in [5, 5.41) is 0. The van der Waals surface area contributed by atoms with E-state index in [0.29, 0.717) is 5.56 Å². The van der Waals surface area contributed by atoms with Gasteiger partial charge in [0.15, 0.2) is 0 Å². The van der Waals surface area contributed by atoms with Gasteiger partial charge in [-0.05, 0) is 11.5 Å². The maximum Gasteiger partial charge on any atom is 0.331 e. The summed E-state index contributed by atoms with van der Waals surface area (Å²) in [6.07, 6.45) is 1.86. The van der Waals surface area contributed by atoms with Crippen molar-refractivity contribution in [2.24, 2.45) is 5.92 Å². The molecule has 25 heavy (non-hydrogen) atoms. The molecule has 1 unspecified atom stereocenters. The van der Waals surface area contributed by atoms with Gasteiger partial charge in [0.1, 0.15) is 6.61 Å². The predicted molar refractivity (Wildman–Crippen MR) is 93.1 cm³/mol. The molecule has 0 aliphatic heterocycles.